The zero-order valence-corrected chi connectivity index (χ0v) is 13.1. The lowest BCUT2D eigenvalue weighted by atomic mass is 10.2. The van der Waals surface area contributed by atoms with Gasteiger partial charge in [0.25, 0.3) is 11.5 Å². The fourth-order valence-electron chi connectivity index (χ4n) is 2.54. The van der Waals surface area contributed by atoms with Gasteiger partial charge in [-0.1, -0.05) is 12.8 Å². The van der Waals surface area contributed by atoms with Crippen molar-refractivity contribution in [3.8, 4) is 0 Å². The van der Waals surface area contributed by atoms with E-state index in [2.05, 4.69) is 0 Å². The number of nitrogens with one attached hydrogen (secondary N) is 1. The molecule has 8 nitrogen and oxygen atoms in total. The Hall–Kier alpha value is -2.38. The summed E-state index contributed by atoms with van der Waals surface area (Å²) in [5.41, 5.74) is -1.23. The van der Waals surface area contributed by atoms with Crippen LogP contribution in [0.2, 0.25) is 0 Å². The van der Waals surface area contributed by atoms with E-state index in [-0.39, 0.29) is 12.5 Å². The lowest BCUT2D eigenvalue weighted by molar-refractivity contribution is -0.159. The molecule has 0 aromatic carbocycles. The maximum absolute atomic E-state index is 12.3. The van der Waals surface area contributed by atoms with Crippen LogP contribution in [0, 0.1) is 0 Å². The predicted octanol–water partition coefficient (Wildman–Crippen LogP) is -0.129. The van der Waals surface area contributed by atoms with Gasteiger partial charge in [-0.25, -0.2) is 4.79 Å². The smallest absolute Gasteiger partial charge is 0.328 e. The van der Waals surface area contributed by atoms with E-state index < -0.39 is 23.3 Å². The Labute approximate surface area is 133 Å². The van der Waals surface area contributed by atoms with Gasteiger partial charge in [0.05, 0.1) is 0 Å². The summed E-state index contributed by atoms with van der Waals surface area (Å²) in [6.45, 7) is 2.54. The quantitative estimate of drug-likeness (QED) is 0.778. The molecule has 1 atom stereocenters. The summed E-state index contributed by atoms with van der Waals surface area (Å²) in [4.78, 5) is 50.4. The number of H-pyrrole nitrogens is 1. The van der Waals surface area contributed by atoms with Crippen LogP contribution in [0.1, 0.15) is 32.6 Å². The molecular weight excluding hydrogens is 302 g/mol. The van der Waals surface area contributed by atoms with Crippen LogP contribution in [0.15, 0.2) is 21.9 Å². The van der Waals surface area contributed by atoms with Crippen molar-refractivity contribution in [2.24, 2.45) is 0 Å². The molecule has 0 unspecified atom stereocenters. The largest absolute Gasteiger partial charge is 0.451 e. The second-order valence-electron chi connectivity index (χ2n) is 5.61. The maximum Gasteiger partial charge on any atom is 0.328 e. The molecule has 1 amide bonds. The number of esters is 1. The first kappa shape index (κ1) is 17.0. The molecule has 0 bridgehead atoms. The van der Waals surface area contributed by atoms with Crippen LogP contribution in [0.5, 0.6) is 0 Å². The van der Waals surface area contributed by atoms with E-state index >= 15 is 0 Å². The Bertz CT molecular complexity index is 670. The summed E-state index contributed by atoms with van der Waals surface area (Å²) in [6.07, 6.45) is 4.45. The van der Waals surface area contributed by atoms with E-state index in [0.717, 1.165) is 36.3 Å². The van der Waals surface area contributed by atoms with E-state index in [1.807, 2.05) is 4.98 Å². The molecule has 0 radical (unpaired) electrons. The normalized spacial score (nSPS) is 16.5. The second-order valence-corrected chi connectivity index (χ2v) is 5.61. The summed E-state index contributed by atoms with van der Waals surface area (Å²) in [7, 11) is 0. The number of aromatic nitrogens is 2. The average molecular weight is 323 g/mol. The number of likely N-dealkylation sites (tertiary alicyclic amines) is 1. The summed E-state index contributed by atoms with van der Waals surface area (Å²) < 4.78 is 6.13. The van der Waals surface area contributed by atoms with Crippen molar-refractivity contribution >= 4 is 11.9 Å². The zero-order chi connectivity index (χ0) is 16.8. The van der Waals surface area contributed by atoms with Crippen molar-refractivity contribution in [3.63, 3.8) is 0 Å². The molecule has 1 saturated heterocycles. The second kappa shape index (κ2) is 7.75. The van der Waals surface area contributed by atoms with Crippen molar-refractivity contribution < 1.29 is 14.3 Å². The predicted molar refractivity (Wildman–Crippen MR) is 81.9 cm³/mol. The first-order valence-electron chi connectivity index (χ1n) is 7.75. The molecule has 1 aromatic rings. The molecular formula is C15H21N3O5. The standard InChI is InChI=1S/C15H21N3O5/c1-11(14(21)17-7-4-2-3-5-8-17)23-13(20)10-18-9-6-12(19)16-15(18)22/h6,9,11H,2-5,7-8,10H2,1H3,(H,16,19,22)/t11-/m1/s1. The molecule has 1 N–H and O–H groups in total. The molecule has 1 aromatic heterocycles. The van der Waals surface area contributed by atoms with E-state index in [1.165, 1.54) is 13.1 Å². The van der Waals surface area contributed by atoms with E-state index in [1.54, 1.807) is 4.90 Å². The van der Waals surface area contributed by atoms with Crippen molar-refractivity contribution in [2.45, 2.75) is 45.3 Å². The Kier molecular flexibility index (Phi) is 5.72. The van der Waals surface area contributed by atoms with Gasteiger partial charge in [0.15, 0.2) is 6.10 Å². The molecule has 0 spiro atoms. The Balaban J connectivity index is 1.92. The number of carbonyl (C=O) groups excluding carboxylic acids is 2. The van der Waals surface area contributed by atoms with Gasteiger partial charge in [0, 0.05) is 25.4 Å². The molecule has 0 aliphatic carbocycles. The number of ether oxygens (including phenoxy) is 1. The Morgan fingerprint density at radius 3 is 2.48 bits per heavy atom. The molecule has 8 heteroatoms. The molecule has 0 saturated carbocycles. The van der Waals surface area contributed by atoms with Crippen LogP contribution in [0.4, 0.5) is 0 Å². The number of hydrogen-bond acceptors (Lipinski definition) is 5. The minimum atomic E-state index is -0.890. The third-order valence-electron chi connectivity index (χ3n) is 3.77. The maximum atomic E-state index is 12.3. The van der Waals surface area contributed by atoms with Crippen LogP contribution in [0.25, 0.3) is 0 Å². The van der Waals surface area contributed by atoms with Gasteiger partial charge >= 0.3 is 11.7 Å². The minimum Gasteiger partial charge on any atom is -0.451 e. The van der Waals surface area contributed by atoms with Gasteiger partial charge in [0.1, 0.15) is 6.54 Å². The highest BCUT2D eigenvalue weighted by atomic mass is 16.5. The molecule has 126 valence electrons. The SMILES string of the molecule is C[C@@H](OC(=O)Cn1ccc(=O)[nH]c1=O)C(=O)N1CCCCCC1. The lowest BCUT2D eigenvalue weighted by Crippen LogP contribution is -2.41. The topological polar surface area (TPSA) is 101 Å². The first-order valence-corrected chi connectivity index (χ1v) is 7.75. The monoisotopic (exact) mass is 323 g/mol. The third kappa shape index (κ3) is 4.80. The number of nitrogens with zero attached hydrogens (tertiary/aromatic N) is 2. The molecule has 1 aliphatic rings. The highest BCUT2D eigenvalue weighted by Gasteiger charge is 2.24. The molecule has 23 heavy (non-hydrogen) atoms. The van der Waals surface area contributed by atoms with Gasteiger partial charge in [-0.3, -0.25) is 23.9 Å². The van der Waals surface area contributed by atoms with E-state index in [4.69, 9.17) is 4.74 Å². The number of hydrogen-bond donors (Lipinski definition) is 1. The lowest BCUT2D eigenvalue weighted by Gasteiger charge is -2.24. The Morgan fingerprint density at radius 1 is 1.22 bits per heavy atom. The zero-order valence-electron chi connectivity index (χ0n) is 13.1. The highest BCUT2D eigenvalue weighted by molar-refractivity contribution is 5.83. The summed E-state index contributed by atoms with van der Waals surface area (Å²) >= 11 is 0. The Morgan fingerprint density at radius 2 is 1.87 bits per heavy atom. The van der Waals surface area contributed by atoms with Crippen LogP contribution < -0.4 is 11.2 Å². The number of rotatable bonds is 4. The summed E-state index contributed by atoms with van der Waals surface area (Å²) in [5.74, 6) is -0.913. The van der Waals surface area contributed by atoms with Crippen molar-refractivity contribution in [3.05, 3.63) is 33.1 Å². The third-order valence-corrected chi connectivity index (χ3v) is 3.77. The van der Waals surface area contributed by atoms with Crippen molar-refractivity contribution in [2.75, 3.05) is 13.1 Å². The molecule has 2 heterocycles. The van der Waals surface area contributed by atoms with Gasteiger partial charge in [-0.15, -0.1) is 0 Å². The van der Waals surface area contributed by atoms with E-state index in [0.29, 0.717) is 13.1 Å². The van der Waals surface area contributed by atoms with Crippen LogP contribution in [-0.2, 0) is 20.9 Å². The van der Waals surface area contributed by atoms with Crippen molar-refractivity contribution in [1.29, 1.82) is 0 Å². The number of carbonyl (C=O) groups is 2. The highest BCUT2D eigenvalue weighted by Crippen LogP contribution is 2.11. The van der Waals surface area contributed by atoms with Crippen LogP contribution in [0.3, 0.4) is 0 Å². The van der Waals surface area contributed by atoms with Crippen molar-refractivity contribution in [1.82, 2.24) is 14.5 Å². The van der Waals surface area contributed by atoms with Gasteiger partial charge in [0.2, 0.25) is 0 Å². The van der Waals surface area contributed by atoms with Gasteiger partial charge in [-0.05, 0) is 19.8 Å². The average Bonchev–Trinajstić information content (AvgIpc) is 2.78. The molecule has 2 rings (SSSR count). The van der Waals surface area contributed by atoms with Crippen LogP contribution in [-0.4, -0.2) is 45.5 Å². The first-order chi connectivity index (χ1) is 11.0. The fraction of sp³-hybridized carbons (Fsp3) is 0.600. The summed E-state index contributed by atoms with van der Waals surface area (Å²) in [6, 6.07) is 1.14. The minimum absolute atomic E-state index is 0.214. The van der Waals surface area contributed by atoms with Crippen LogP contribution >= 0.6 is 0 Å². The van der Waals surface area contributed by atoms with Gasteiger partial charge < -0.3 is 9.64 Å². The fourth-order valence-corrected chi connectivity index (χ4v) is 2.54. The number of aromatic amines is 1. The van der Waals surface area contributed by atoms with E-state index in [9.17, 15) is 19.2 Å². The van der Waals surface area contributed by atoms with Gasteiger partial charge in [-0.2, -0.15) is 0 Å². The number of amides is 1. The summed E-state index contributed by atoms with van der Waals surface area (Å²) in [5, 5.41) is 0. The molecule has 1 aliphatic heterocycles. The molecule has 1 fully saturated rings.